The van der Waals surface area contributed by atoms with E-state index >= 15 is 0 Å². The lowest BCUT2D eigenvalue weighted by molar-refractivity contribution is -0.128. The second-order valence-electron chi connectivity index (χ2n) is 7.39. The maximum absolute atomic E-state index is 13.4. The lowest BCUT2D eigenvalue weighted by Gasteiger charge is -2.38. The SMILES string of the molecule is CCCNC(=O)N1CCC2(CC1)CC(=O)N(Cc1ccc(F)c(F)c1)C2. The molecule has 142 valence electrons. The van der Waals surface area contributed by atoms with Gasteiger partial charge in [-0.25, -0.2) is 13.6 Å². The van der Waals surface area contributed by atoms with Crippen LogP contribution in [-0.4, -0.2) is 47.9 Å². The number of benzene rings is 1. The van der Waals surface area contributed by atoms with Gasteiger partial charge in [-0.2, -0.15) is 0 Å². The highest BCUT2D eigenvalue weighted by Crippen LogP contribution is 2.41. The van der Waals surface area contributed by atoms with Crippen molar-refractivity contribution >= 4 is 11.9 Å². The van der Waals surface area contributed by atoms with Crippen molar-refractivity contribution in [3.63, 3.8) is 0 Å². The number of carbonyl (C=O) groups excluding carboxylic acids is 2. The molecular formula is C19H25F2N3O2. The molecule has 1 N–H and O–H groups in total. The number of nitrogens with one attached hydrogen (secondary N) is 1. The fraction of sp³-hybridized carbons (Fsp3) is 0.579. The Bertz CT molecular complexity index is 687. The van der Waals surface area contributed by atoms with Crippen molar-refractivity contribution in [2.75, 3.05) is 26.2 Å². The highest BCUT2D eigenvalue weighted by atomic mass is 19.2. The summed E-state index contributed by atoms with van der Waals surface area (Å²) in [5.41, 5.74) is 0.475. The number of hydrogen-bond acceptors (Lipinski definition) is 2. The minimum absolute atomic E-state index is 0.0373. The van der Waals surface area contributed by atoms with Gasteiger partial charge in [0, 0.05) is 44.6 Å². The molecule has 1 aromatic rings. The predicted octanol–water partition coefficient (Wildman–Crippen LogP) is 2.90. The molecule has 1 spiro atoms. The van der Waals surface area contributed by atoms with Crippen molar-refractivity contribution in [3.8, 4) is 0 Å². The van der Waals surface area contributed by atoms with E-state index in [1.54, 1.807) is 4.90 Å². The van der Waals surface area contributed by atoms with Crippen LogP contribution in [0, 0.1) is 17.0 Å². The molecule has 2 heterocycles. The Labute approximate surface area is 152 Å². The average molecular weight is 365 g/mol. The second kappa shape index (κ2) is 7.60. The van der Waals surface area contributed by atoms with Crippen LogP contribution < -0.4 is 5.32 Å². The van der Waals surface area contributed by atoms with E-state index in [1.165, 1.54) is 6.07 Å². The molecule has 0 aromatic heterocycles. The molecule has 0 aliphatic carbocycles. The largest absolute Gasteiger partial charge is 0.338 e. The van der Waals surface area contributed by atoms with E-state index in [0.717, 1.165) is 31.4 Å². The van der Waals surface area contributed by atoms with Crippen molar-refractivity contribution < 1.29 is 18.4 Å². The van der Waals surface area contributed by atoms with Crippen LogP contribution in [0.4, 0.5) is 13.6 Å². The van der Waals surface area contributed by atoms with Crippen LogP contribution in [0.25, 0.3) is 0 Å². The third-order valence-electron chi connectivity index (χ3n) is 5.40. The highest BCUT2D eigenvalue weighted by Gasteiger charge is 2.45. The minimum atomic E-state index is -0.893. The zero-order chi connectivity index (χ0) is 18.7. The summed E-state index contributed by atoms with van der Waals surface area (Å²) in [6, 6.07) is 3.71. The van der Waals surface area contributed by atoms with E-state index in [1.807, 2.05) is 11.8 Å². The van der Waals surface area contributed by atoms with E-state index < -0.39 is 11.6 Å². The van der Waals surface area contributed by atoms with E-state index in [9.17, 15) is 18.4 Å². The monoisotopic (exact) mass is 365 g/mol. The van der Waals surface area contributed by atoms with Gasteiger partial charge in [-0.3, -0.25) is 4.79 Å². The standard InChI is InChI=1S/C19H25F2N3O2/c1-2-7-22-18(26)23-8-5-19(6-9-23)11-17(25)24(13-19)12-14-3-4-15(20)16(21)10-14/h3-4,10H,2,5-9,11-13H2,1H3,(H,22,26). The summed E-state index contributed by atoms with van der Waals surface area (Å²) in [5, 5.41) is 2.88. The third kappa shape index (κ3) is 3.97. The average Bonchev–Trinajstić information content (AvgIpc) is 2.91. The molecule has 5 nitrogen and oxygen atoms in total. The smallest absolute Gasteiger partial charge is 0.317 e. The van der Waals surface area contributed by atoms with E-state index in [2.05, 4.69) is 5.32 Å². The zero-order valence-electron chi connectivity index (χ0n) is 15.1. The number of urea groups is 1. The molecule has 1 aromatic carbocycles. The number of rotatable bonds is 4. The van der Waals surface area contributed by atoms with Crippen molar-refractivity contribution in [1.29, 1.82) is 0 Å². The molecule has 2 saturated heterocycles. The van der Waals surface area contributed by atoms with Gasteiger partial charge < -0.3 is 15.1 Å². The van der Waals surface area contributed by atoms with Gasteiger partial charge in [-0.05, 0) is 37.0 Å². The van der Waals surface area contributed by atoms with Gasteiger partial charge >= 0.3 is 6.03 Å². The minimum Gasteiger partial charge on any atom is -0.338 e. The number of amides is 3. The molecule has 0 saturated carbocycles. The Morgan fingerprint density at radius 1 is 1.23 bits per heavy atom. The Morgan fingerprint density at radius 2 is 1.96 bits per heavy atom. The molecule has 2 aliphatic heterocycles. The Morgan fingerprint density at radius 3 is 2.62 bits per heavy atom. The molecule has 26 heavy (non-hydrogen) atoms. The third-order valence-corrected chi connectivity index (χ3v) is 5.40. The molecule has 2 aliphatic rings. The van der Waals surface area contributed by atoms with E-state index in [0.29, 0.717) is 44.7 Å². The Hall–Kier alpha value is -2.18. The van der Waals surface area contributed by atoms with Gasteiger partial charge in [0.15, 0.2) is 11.6 Å². The quantitative estimate of drug-likeness (QED) is 0.892. The highest BCUT2D eigenvalue weighted by molar-refractivity contribution is 5.80. The number of hydrogen-bond donors (Lipinski definition) is 1. The van der Waals surface area contributed by atoms with Crippen molar-refractivity contribution in [2.45, 2.75) is 39.2 Å². The zero-order valence-corrected chi connectivity index (χ0v) is 15.1. The van der Waals surface area contributed by atoms with Crippen LogP contribution in [-0.2, 0) is 11.3 Å². The lowest BCUT2D eigenvalue weighted by Crippen LogP contribution is -2.48. The molecule has 3 amide bonds. The van der Waals surface area contributed by atoms with Crippen LogP contribution in [0.3, 0.4) is 0 Å². The fourth-order valence-electron chi connectivity index (χ4n) is 3.85. The predicted molar refractivity (Wildman–Crippen MR) is 93.3 cm³/mol. The van der Waals surface area contributed by atoms with Gasteiger partial charge in [0.2, 0.25) is 5.91 Å². The molecule has 0 radical (unpaired) electrons. The summed E-state index contributed by atoms with van der Waals surface area (Å²) >= 11 is 0. The van der Waals surface area contributed by atoms with Crippen molar-refractivity contribution in [2.24, 2.45) is 5.41 Å². The van der Waals surface area contributed by atoms with Crippen molar-refractivity contribution in [3.05, 3.63) is 35.4 Å². The summed E-state index contributed by atoms with van der Waals surface area (Å²) in [6.45, 7) is 4.86. The molecule has 3 rings (SSSR count). The summed E-state index contributed by atoms with van der Waals surface area (Å²) in [6.07, 6.45) is 2.93. The van der Waals surface area contributed by atoms with Crippen LogP contribution >= 0.6 is 0 Å². The number of carbonyl (C=O) groups is 2. The number of nitrogens with zero attached hydrogens (tertiary/aromatic N) is 2. The molecule has 2 fully saturated rings. The van der Waals surface area contributed by atoms with E-state index in [-0.39, 0.29) is 17.4 Å². The number of piperidine rings is 1. The van der Waals surface area contributed by atoms with Crippen LogP contribution in [0.2, 0.25) is 0 Å². The first-order chi connectivity index (χ1) is 12.4. The first-order valence-corrected chi connectivity index (χ1v) is 9.17. The van der Waals surface area contributed by atoms with Gasteiger partial charge in [0.05, 0.1) is 0 Å². The van der Waals surface area contributed by atoms with Gasteiger partial charge in [-0.1, -0.05) is 13.0 Å². The molecule has 0 bridgehead atoms. The van der Waals surface area contributed by atoms with E-state index in [4.69, 9.17) is 0 Å². The number of likely N-dealkylation sites (tertiary alicyclic amines) is 2. The normalized spacial score (nSPS) is 19.3. The van der Waals surface area contributed by atoms with Crippen LogP contribution in [0.15, 0.2) is 18.2 Å². The Balaban J connectivity index is 1.57. The summed E-state index contributed by atoms with van der Waals surface area (Å²) in [7, 11) is 0. The maximum atomic E-state index is 13.4. The van der Waals surface area contributed by atoms with Crippen molar-refractivity contribution in [1.82, 2.24) is 15.1 Å². The lowest BCUT2D eigenvalue weighted by atomic mass is 9.77. The molecule has 7 heteroatoms. The topological polar surface area (TPSA) is 52.7 Å². The first-order valence-electron chi connectivity index (χ1n) is 9.17. The van der Waals surface area contributed by atoms with Gasteiger partial charge in [0.1, 0.15) is 0 Å². The summed E-state index contributed by atoms with van der Waals surface area (Å²) in [5.74, 6) is -1.74. The van der Waals surface area contributed by atoms with Gasteiger partial charge in [0.25, 0.3) is 0 Å². The first kappa shape index (κ1) is 18.6. The second-order valence-corrected chi connectivity index (χ2v) is 7.39. The van der Waals surface area contributed by atoms with Crippen LogP contribution in [0.1, 0.15) is 38.2 Å². The molecular weight excluding hydrogens is 340 g/mol. The van der Waals surface area contributed by atoms with Crippen LogP contribution in [0.5, 0.6) is 0 Å². The maximum Gasteiger partial charge on any atom is 0.317 e. The van der Waals surface area contributed by atoms with Gasteiger partial charge in [-0.15, -0.1) is 0 Å². The fourth-order valence-corrected chi connectivity index (χ4v) is 3.85. The Kier molecular flexibility index (Phi) is 5.44. The molecule has 0 atom stereocenters. The number of halogens is 2. The summed E-state index contributed by atoms with van der Waals surface area (Å²) < 4.78 is 26.4. The summed E-state index contributed by atoms with van der Waals surface area (Å²) in [4.78, 5) is 28.0. The molecule has 0 unspecified atom stereocenters.